The number of hydrogen-bond donors (Lipinski definition) is 1. The highest BCUT2D eigenvalue weighted by Gasteiger charge is 2.15. The second-order valence-corrected chi connectivity index (χ2v) is 6.70. The summed E-state index contributed by atoms with van der Waals surface area (Å²) < 4.78 is 0. The van der Waals surface area contributed by atoms with E-state index in [1.54, 1.807) is 24.3 Å². The van der Waals surface area contributed by atoms with Crippen molar-refractivity contribution in [2.75, 3.05) is 11.4 Å². The first-order chi connectivity index (χ1) is 11.9. The van der Waals surface area contributed by atoms with E-state index in [1.165, 1.54) is 11.8 Å². The van der Waals surface area contributed by atoms with Gasteiger partial charge in [-0.25, -0.2) is 0 Å². The molecule has 132 valence electrons. The van der Waals surface area contributed by atoms with Crippen LogP contribution < -0.4 is 10.2 Å². The van der Waals surface area contributed by atoms with Crippen molar-refractivity contribution in [3.63, 3.8) is 0 Å². The van der Waals surface area contributed by atoms with Gasteiger partial charge in [0.15, 0.2) is 0 Å². The van der Waals surface area contributed by atoms with E-state index in [4.69, 9.17) is 34.8 Å². The summed E-state index contributed by atoms with van der Waals surface area (Å²) in [5.41, 5.74) is 1.39. The van der Waals surface area contributed by atoms with Crippen LogP contribution in [0.3, 0.4) is 0 Å². The number of hydrogen-bond acceptors (Lipinski definition) is 2. The van der Waals surface area contributed by atoms with Crippen molar-refractivity contribution in [1.82, 2.24) is 5.32 Å². The summed E-state index contributed by atoms with van der Waals surface area (Å²) in [6, 6.07) is 12.2. The van der Waals surface area contributed by atoms with Crippen LogP contribution in [0, 0.1) is 0 Å². The minimum atomic E-state index is -0.197. The topological polar surface area (TPSA) is 49.4 Å². The molecule has 0 unspecified atom stereocenters. The number of carbonyl (C=O) groups is 2. The Bertz CT molecular complexity index is 760. The molecular weight excluding hydrogens is 383 g/mol. The molecule has 0 saturated carbocycles. The third kappa shape index (κ3) is 5.92. The largest absolute Gasteiger partial charge is 0.352 e. The van der Waals surface area contributed by atoms with Gasteiger partial charge in [-0.05, 0) is 29.8 Å². The molecule has 0 fully saturated rings. The van der Waals surface area contributed by atoms with E-state index >= 15 is 0 Å². The monoisotopic (exact) mass is 398 g/mol. The van der Waals surface area contributed by atoms with E-state index in [1.807, 2.05) is 18.2 Å². The van der Waals surface area contributed by atoms with Gasteiger partial charge in [0.1, 0.15) is 0 Å². The smallest absolute Gasteiger partial charge is 0.223 e. The quantitative estimate of drug-likeness (QED) is 0.765. The van der Waals surface area contributed by atoms with Crippen molar-refractivity contribution in [3.05, 3.63) is 63.1 Å². The van der Waals surface area contributed by atoms with Gasteiger partial charge in [-0.1, -0.05) is 53.0 Å². The van der Waals surface area contributed by atoms with Gasteiger partial charge in [-0.2, -0.15) is 0 Å². The van der Waals surface area contributed by atoms with Crippen molar-refractivity contribution >= 4 is 52.3 Å². The number of halogens is 3. The number of rotatable bonds is 6. The van der Waals surface area contributed by atoms with Gasteiger partial charge in [-0.3, -0.25) is 9.59 Å². The lowest BCUT2D eigenvalue weighted by Gasteiger charge is -2.21. The van der Waals surface area contributed by atoms with Crippen LogP contribution in [0.5, 0.6) is 0 Å². The lowest BCUT2D eigenvalue weighted by molar-refractivity contribution is -0.121. The first-order valence-corrected chi connectivity index (χ1v) is 8.74. The standard InChI is InChI=1S/C18H17Cl3N2O2/c1-12(24)23(16-9-14(19)8-15(20)10-16)7-6-18(25)22-11-13-4-2-3-5-17(13)21/h2-5,8-10H,6-7,11H2,1H3,(H,22,25). The Balaban J connectivity index is 1.95. The van der Waals surface area contributed by atoms with E-state index in [-0.39, 0.29) is 24.8 Å². The Kier molecular flexibility index (Phi) is 7.12. The minimum absolute atomic E-state index is 0.147. The van der Waals surface area contributed by atoms with Gasteiger partial charge in [-0.15, -0.1) is 0 Å². The van der Waals surface area contributed by atoms with E-state index in [2.05, 4.69) is 5.32 Å². The molecule has 0 saturated heterocycles. The van der Waals surface area contributed by atoms with Gasteiger partial charge in [0.25, 0.3) is 0 Å². The molecule has 7 heteroatoms. The number of carbonyl (C=O) groups excluding carboxylic acids is 2. The fourth-order valence-electron chi connectivity index (χ4n) is 2.30. The van der Waals surface area contributed by atoms with Crippen molar-refractivity contribution in [2.45, 2.75) is 19.9 Å². The van der Waals surface area contributed by atoms with Crippen LogP contribution >= 0.6 is 34.8 Å². The molecule has 0 atom stereocenters. The summed E-state index contributed by atoms with van der Waals surface area (Å²) in [6.07, 6.45) is 0.147. The summed E-state index contributed by atoms with van der Waals surface area (Å²) in [6.45, 7) is 1.98. The molecule has 2 amide bonds. The SMILES string of the molecule is CC(=O)N(CCC(=O)NCc1ccccc1Cl)c1cc(Cl)cc(Cl)c1. The third-order valence-electron chi connectivity index (χ3n) is 3.54. The second-order valence-electron chi connectivity index (χ2n) is 5.42. The molecule has 2 aromatic rings. The lowest BCUT2D eigenvalue weighted by Crippen LogP contribution is -2.33. The number of benzene rings is 2. The summed E-state index contributed by atoms with van der Waals surface area (Å²) >= 11 is 18.0. The lowest BCUT2D eigenvalue weighted by atomic mass is 10.2. The zero-order valence-electron chi connectivity index (χ0n) is 13.6. The fourth-order valence-corrected chi connectivity index (χ4v) is 3.02. The molecule has 0 aliphatic heterocycles. The molecule has 0 aliphatic rings. The highest BCUT2D eigenvalue weighted by molar-refractivity contribution is 6.35. The van der Waals surface area contributed by atoms with Crippen molar-refractivity contribution < 1.29 is 9.59 Å². The molecule has 0 bridgehead atoms. The second kappa shape index (κ2) is 9.09. The summed E-state index contributed by atoms with van der Waals surface area (Å²) in [5.74, 6) is -0.378. The summed E-state index contributed by atoms with van der Waals surface area (Å²) in [7, 11) is 0. The first-order valence-electron chi connectivity index (χ1n) is 7.61. The Labute approximate surface area is 161 Å². The highest BCUT2D eigenvalue weighted by Crippen LogP contribution is 2.25. The van der Waals surface area contributed by atoms with Gasteiger partial charge in [0.2, 0.25) is 11.8 Å². The van der Waals surface area contributed by atoms with Crippen molar-refractivity contribution in [1.29, 1.82) is 0 Å². The van der Waals surface area contributed by atoms with Crippen molar-refractivity contribution in [2.24, 2.45) is 0 Å². The summed E-state index contributed by atoms with van der Waals surface area (Å²) in [5, 5.41) is 4.25. The number of amides is 2. The van der Waals surface area contributed by atoms with Gasteiger partial charge in [0.05, 0.1) is 0 Å². The minimum Gasteiger partial charge on any atom is -0.352 e. The Morgan fingerprint density at radius 2 is 1.68 bits per heavy atom. The van der Waals surface area contributed by atoms with Gasteiger partial charge < -0.3 is 10.2 Å². The van der Waals surface area contributed by atoms with Crippen LogP contribution in [0.1, 0.15) is 18.9 Å². The molecule has 0 spiro atoms. The molecular formula is C18H17Cl3N2O2. The third-order valence-corrected chi connectivity index (χ3v) is 4.34. The maximum atomic E-state index is 12.1. The van der Waals surface area contributed by atoms with E-state index in [0.29, 0.717) is 27.3 Å². The van der Waals surface area contributed by atoms with Crippen LogP contribution in [0.25, 0.3) is 0 Å². The maximum Gasteiger partial charge on any atom is 0.223 e. The number of nitrogens with one attached hydrogen (secondary N) is 1. The van der Waals surface area contributed by atoms with Crippen LogP contribution in [0.15, 0.2) is 42.5 Å². The normalized spacial score (nSPS) is 10.4. The Hall–Kier alpha value is -1.75. The molecule has 4 nitrogen and oxygen atoms in total. The predicted molar refractivity (Wildman–Crippen MR) is 102 cm³/mol. The zero-order chi connectivity index (χ0) is 18.4. The molecule has 25 heavy (non-hydrogen) atoms. The van der Waals surface area contributed by atoms with Crippen LogP contribution in [-0.2, 0) is 16.1 Å². The average Bonchev–Trinajstić information content (AvgIpc) is 2.53. The molecule has 1 N–H and O–H groups in total. The van der Waals surface area contributed by atoms with Gasteiger partial charge >= 0.3 is 0 Å². The molecule has 0 heterocycles. The molecule has 2 aromatic carbocycles. The maximum absolute atomic E-state index is 12.1. The molecule has 0 aliphatic carbocycles. The highest BCUT2D eigenvalue weighted by atomic mass is 35.5. The predicted octanol–water partition coefficient (Wildman–Crippen LogP) is 4.71. The molecule has 0 radical (unpaired) electrons. The molecule has 0 aromatic heterocycles. The van der Waals surface area contributed by atoms with E-state index < -0.39 is 0 Å². The number of anilines is 1. The number of nitrogens with zero attached hydrogens (tertiary/aromatic N) is 1. The van der Waals surface area contributed by atoms with E-state index in [0.717, 1.165) is 5.56 Å². The van der Waals surface area contributed by atoms with Crippen LogP contribution in [0.2, 0.25) is 15.1 Å². The fraction of sp³-hybridized carbons (Fsp3) is 0.222. The zero-order valence-corrected chi connectivity index (χ0v) is 15.8. The first kappa shape index (κ1) is 19.6. The van der Waals surface area contributed by atoms with Gasteiger partial charge in [0, 0.05) is 47.2 Å². The Morgan fingerprint density at radius 1 is 1.04 bits per heavy atom. The van der Waals surface area contributed by atoms with Crippen LogP contribution in [0.4, 0.5) is 5.69 Å². The molecule has 2 rings (SSSR count). The Morgan fingerprint density at radius 3 is 2.28 bits per heavy atom. The summed E-state index contributed by atoms with van der Waals surface area (Å²) in [4.78, 5) is 25.4. The van der Waals surface area contributed by atoms with Crippen molar-refractivity contribution in [3.8, 4) is 0 Å². The van der Waals surface area contributed by atoms with Crippen LogP contribution in [-0.4, -0.2) is 18.4 Å². The van der Waals surface area contributed by atoms with E-state index in [9.17, 15) is 9.59 Å². The average molecular weight is 400 g/mol.